The topological polar surface area (TPSA) is 124 Å². The minimum Gasteiger partial charge on any atom is -0.497 e. The number of aromatic nitrogens is 1. The molecule has 0 aliphatic carbocycles. The lowest BCUT2D eigenvalue weighted by Crippen LogP contribution is -2.33. The number of ether oxygens (including phenoxy) is 2. The predicted octanol–water partition coefficient (Wildman–Crippen LogP) is 5.68. The molecule has 0 radical (unpaired) electrons. The van der Waals surface area contributed by atoms with Crippen molar-refractivity contribution >= 4 is 68.9 Å². The standard InChI is InChI=1S/C36H29N3O7S2/c1-3-46-35(43)22-11-15-23(16-12-22)39-32(41)29-28(21-13-17-24(45-2)18-14-21)31-34(47-30(29)33(39)42)38(36(44)48-31)19-27(40)37-26-10-6-8-20-7-4-5-9-25(20)26/h4-18,28-30H,3,19H2,1-2H3,(H,37,40). The quantitative estimate of drug-likeness (QED) is 0.164. The van der Waals surface area contributed by atoms with Crippen LogP contribution in [0.5, 0.6) is 5.75 Å². The SMILES string of the molecule is CCOC(=O)c1ccc(N2C(=O)C3Sc4c(sc(=O)n4CC(=O)Nc4cccc5ccccc45)C(c4ccc(OC)cc4)C3C2=O)cc1. The molecule has 10 nitrogen and oxygen atoms in total. The van der Waals surface area contributed by atoms with Crippen molar-refractivity contribution in [3.8, 4) is 5.75 Å². The number of carbonyl (C=O) groups excluding carboxylic acids is 4. The van der Waals surface area contributed by atoms with Crippen molar-refractivity contribution in [1.82, 2.24) is 4.57 Å². The minimum absolute atomic E-state index is 0.219. The smallest absolute Gasteiger partial charge is 0.338 e. The summed E-state index contributed by atoms with van der Waals surface area (Å²) >= 11 is 2.12. The van der Waals surface area contributed by atoms with Crippen LogP contribution in [0.2, 0.25) is 0 Å². The predicted molar refractivity (Wildman–Crippen MR) is 184 cm³/mol. The maximum Gasteiger partial charge on any atom is 0.338 e. The number of nitrogens with one attached hydrogen (secondary N) is 1. The summed E-state index contributed by atoms with van der Waals surface area (Å²) in [6, 6.07) is 26.6. The number of carbonyl (C=O) groups is 4. The number of thiazole rings is 1. The molecular formula is C36H29N3O7S2. The van der Waals surface area contributed by atoms with E-state index >= 15 is 0 Å². The van der Waals surface area contributed by atoms with Gasteiger partial charge >= 0.3 is 10.8 Å². The summed E-state index contributed by atoms with van der Waals surface area (Å²) in [6.45, 7) is 1.66. The van der Waals surface area contributed by atoms with Crippen LogP contribution in [0.15, 0.2) is 101 Å². The van der Waals surface area contributed by atoms with Crippen LogP contribution in [0.3, 0.4) is 0 Å². The molecule has 1 fully saturated rings. The van der Waals surface area contributed by atoms with E-state index < -0.39 is 40.8 Å². The van der Waals surface area contributed by atoms with Crippen molar-refractivity contribution in [3.63, 3.8) is 0 Å². The van der Waals surface area contributed by atoms with Crippen LogP contribution in [-0.2, 0) is 25.7 Å². The van der Waals surface area contributed by atoms with Gasteiger partial charge in [0.15, 0.2) is 0 Å². The molecule has 5 aromatic rings. The van der Waals surface area contributed by atoms with E-state index in [1.807, 2.05) is 54.6 Å². The monoisotopic (exact) mass is 679 g/mol. The number of methoxy groups -OCH3 is 1. The maximum atomic E-state index is 14.2. The van der Waals surface area contributed by atoms with E-state index in [4.69, 9.17) is 9.47 Å². The molecule has 4 aromatic carbocycles. The first kappa shape index (κ1) is 31.4. The highest BCUT2D eigenvalue weighted by atomic mass is 32.2. The third kappa shape index (κ3) is 5.46. The number of imide groups is 1. The zero-order valence-electron chi connectivity index (χ0n) is 25.9. The van der Waals surface area contributed by atoms with Crippen LogP contribution < -0.4 is 19.8 Å². The van der Waals surface area contributed by atoms with E-state index in [0.29, 0.717) is 32.6 Å². The number of amides is 3. The average molecular weight is 680 g/mol. The number of hydrogen-bond acceptors (Lipinski definition) is 9. The van der Waals surface area contributed by atoms with Crippen molar-refractivity contribution in [1.29, 1.82) is 0 Å². The van der Waals surface area contributed by atoms with E-state index in [1.165, 1.54) is 16.7 Å². The van der Waals surface area contributed by atoms with Crippen molar-refractivity contribution in [2.24, 2.45) is 5.92 Å². The summed E-state index contributed by atoms with van der Waals surface area (Å²) in [5.41, 5.74) is 1.99. The van der Waals surface area contributed by atoms with Crippen LogP contribution in [0.25, 0.3) is 10.8 Å². The van der Waals surface area contributed by atoms with E-state index in [9.17, 15) is 24.0 Å². The molecule has 0 saturated carbocycles. The molecule has 48 heavy (non-hydrogen) atoms. The summed E-state index contributed by atoms with van der Waals surface area (Å²) in [4.78, 5) is 68.9. The Hall–Kier alpha value is -5.20. The van der Waals surface area contributed by atoms with Crippen LogP contribution in [0, 0.1) is 5.92 Å². The van der Waals surface area contributed by atoms with Crippen molar-refractivity contribution in [2.45, 2.75) is 29.7 Å². The summed E-state index contributed by atoms with van der Waals surface area (Å²) in [5.74, 6) is -2.56. The van der Waals surface area contributed by atoms with E-state index in [0.717, 1.165) is 44.3 Å². The maximum absolute atomic E-state index is 14.2. The molecule has 3 unspecified atom stereocenters. The Morgan fingerprint density at radius 3 is 2.33 bits per heavy atom. The lowest BCUT2D eigenvalue weighted by molar-refractivity contribution is -0.122. The third-order valence-electron chi connectivity index (χ3n) is 8.53. The molecule has 7 rings (SSSR count). The molecule has 12 heteroatoms. The molecule has 0 spiro atoms. The van der Waals surface area contributed by atoms with Crippen LogP contribution in [0.4, 0.5) is 11.4 Å². The van der Waals surface area contributed by atoms with Crippen molar-refractivity contribution in [3.05, 3.63) is 117 Å². The highest BCUT2D eigenvalue weighted by Gasteiger charge is 2.56. The fraction of sp³-hybridized carbons (Fsp3) is 0.194. The molecule has 2 aliphatic heterocycles. The molecule has 242 valence electrons. The highest BCUT2D eigenvalue weighted by molar-refractivity contribution is 8.00. The molecule has 1 N–H and O–H groups in total. The van der Waals surface area contributed by atoms with Crippen LogP contribution in [0.1, 0.15) is 33.6 Å². The largest absolute Gasteiger partial charge is 0.497 e. The van der Waals surface area contributed by atoms with Gasteiger partial charge in [-0.1, -0.05) is 71.6 Å². The second-order valence-corrected chi connectivity index (χ2v) is 13.4. The molecular weight excluding hydrogens is 651 g/mol. The Labute approximate surface area is 283 Å². The van der Waals surface area contributed by atoms with Gasteiger partial charge in [-0.3, -0.25) is 23.7 Å². The van der Waals surface area contributed by atoms with Crippen molar-refractivity contribution in [2.75, 3.05) is 23.9 Å². The normalized spacial score (nSPS) is 18.4. The fourth-order valence-corrected chi connectivity index (χ4v) is 9.08. The van der Waals surface area contributed by atoms with E-state index in [-0.39, 0.29) is 18.0 Å². The molecule has 2 aliphatic rings. The van der Waals surface area contributed by atoms with E-state index in [2.05, 4.69) is 5.32 Å². The third-order valence-corrected chi connectivity index (χ3v) is 11.1. The molecule has 1 aromatic heterocycles. The number of thioether (sulfide) groups is 1. The van der Waals surface area contributed by atoms with Gasteiger partial charge in [0.25, 0.3) is 0 Å². The summed E-state index contributed by atoms with van der Waals surface area (Å²) in [5, 5.41) is 4.41. The molecule has 3 amide bonds. The number of fused-ring (bicyclic) bond motifs is 3. The van der Waals surface area contributed by atoms with Gasteiger partial charge in [0.2, 0.25) is 17.7 Å². The van der Waals surface area contributed by atoms with Gasteiger partial charge in [0.1, 0.15) is 17.5 Å². The lowest BCUT2D eigenvalue weighted by atomic mass is 9.83. The Balaban J connectivity index is 1.25. The second kappa shape index (κ2) is 12.8. The first-order valence-corrected chi connectivity index (χ1v) is 17.0. The van der Waals surface area contributed by atoms with Gasteiger partial charge < -0.3 is 14.8 Å². The second-order valence-electron chi connectivity index (χ2n) is 11.3. The average Bonchev–Trinajstić information content (AvgIpc) is 3.54. The van der Waals surface area contributed by atoms with Gasteiger partial charge in [-0.2, -0.15) is 0 Å². The number of benzene rings is 4. The highest BCUT2D eigenvalue weighted by Crippen LogP contribution is 2.54. The number of anilines is 2. The Morgan fingerprint density at radius 1 is 0.875 bits per heavy atom. The van der Waals surface area contributed by atoms with Crippen LogP contribution in [-0.4, -0.2) is 47.2 Å². The summed E-state index contributed by atoms with van der Waals surface area (Å²) in [7, 11) is 1.56. The van der Waals surface area contributed by atoms with Crippen molar-refractivity contribution < 1.29 is 28.7 Å². The Kier molecular flexibility index (Phi) is 8.36. The molecule has 3 atom stereocenters. The van der Waals surface area contributed by atoms with Gasteiger partial charge in [0, 0.05) is 21.9 Å². The Bertz CT molecular complexity index is 2130. The summed E-state index contributed by atoms with van der Waals surface area (Å²) < 4.78 is 11.8. The Morgan fingerprint density at radius 2 is 1.60 bits per heavy atom. The van der Waals surface area contributed by atoms with Gasteiger partial charge in [-0.05, 0) is 60.3 Å². The zero-order chi connectivity index (χ0) is 33.5. The lowest BCUT2D eigenvalue weighted by Gasteiger charge is -2.30. The van der Waals surface area contributed by atoms with E-state index in [1.54, 1.807) is 38.3 Å². The van der Waals surface area contributed by atoms with Gasteiger partial charge in [-0.15, -0.1) is 0 Å². The zero-order valence-corrected chi connectivity index (χ0v) is 27.5. The fourth-order valence-electron chi connectivity index (χ4n) is 6.31. The van der Waals surface area contributed by atoms with Gasteiger partial charge in [0.05, 0.1) is 35.9 Å². The molecule has 0 bridgehead atoms. The number of hydrogen-bond donors (Lipinski definition) is 1. The molecule has 1 saturated heterocycles. The summed E-state index contributed by atoms with van der Waals surface area (Å²) in [6.07, 6.45) is 0. The van der Waals surface area contributed by atoms with Crippen LogP contribution >= 0.6 is 23.1 Å². The molecule has 3 heterocycles. The first-order chi connectivity index (χ1) is 23.3. The first-order valence-electron chi connectivity index (χ1n) is 15.3. The number of nitrogens with zero attached hydrogens (tertiary/aromatic N) is 2. The number of esters is 1. The minimum atomic E-state index is -0.858. The number of rotatable bonds is 8. The van der Waals surface area contributed by atoms with Gasteiger partial charge in [-0.25, -0.2) is 9.69 Å².